The lowest BCUT2D eigenvalue weighted by molar-refractivity contribution is 0.102. The third-order valence-electron chi connectivity index (χ3n) is 4.37. The second kappa shape index (κ2) is 8.45. The summed E-state index contributed by atoms with van der Waals surface area (Å²) in [6.07, 6.45) is 3.08. The van der Waals surface area contributed by atoms with Crippen LogP contribution in [-0.4, -0.2) is 15.9 Å². The van der Waals surface area contributed by atoms with Crippen molar-refractivity contribution in [1.29, 1.82) is 0 Å². The van der Waals surface area contributed by atoms with Gasteiger partial charge in [-0.1, -0.05) is 62.4 Å². The molecule has 5 heteroatoms. The minimum absolute atomic E-state index is 0.256. The van der Waals surface area contributed by atoms with E-state index in [4.69, 9.17) is 0 Å². The molecule has 1 heterocycles. The van der Waals surface area contributed by atoms with Crippen LogP contribution in [0.5, 0.6) is 0 Å². The quantitative estimate of drug-likeness (QED) is 0.664. The molecular formula is C22H24N4O. The summed E-state index contributed by atoms with van der Waals surface area (Å²) in [6.45, 7) is 6.86. The molecule has 1 amide bonds. The monoisotopic (exact) mass is 360 g/mol. The second-order valence-corrected chi connectivity index (χ2v) is 6.77. The maximum absolute atomic E-state index is 12.6. The third-order valence-corrected chi connectivity index (χ3v) is 4.37. The van der Waals surface area contributed by atoms with Gasteiger partial charge in [0.2, 0.25) is 0 Å². The van der Waals surface area contributed by atoms with Gasteiger partial charge in [0.1, 0.15) is 11.5 Å². The molecule has 0 bridgehead atoms. The number of aromatic nitrogens is 2. The van der Waals surface area contributed by atoms with E-state index in [0.717, 1.165) is 22.4 Å². The molecule has 0 unspecified atom stereocenters. The number of carbonyl (C=O) groups is 1. The average Bonchev–Trinajstić information content (AvgIpc) is 2.69. The third kappa shape index (κ3) is 4.70. The van der Waals surface area contributed by atoms with Crippen molar-refractivity contribution >= 4 is 17.4 Å². The first-order valence-corrected chi connectivity index (χ1v) is 9.05. The van der Waals surface area contributed by atoms with Crippen molar-refractivity contribution in [2.75, 3.05) is 10.6 Å². The fourth-order valence-corrected chi connectivity index (χ4v) is 2.84. The molecule has 3 rings (SSSR count). The van der Waals surface area contributed by atoms with E-state index in [9.17, 15) is 4.79 Å². The lowest BCUT2D eigenvalue weighted by Crippen LogP contribution is -2.17. The predicted molar refractivity (Wildman–Crippen MR) is 109 cm³/mol. The highest BCUT2D eigenvalue weighted by Crippen LogP contribution is 2.27. The van der Waals surface area contributed by atoms with E-state index in [-0.39, 0.29) is 5.91 Å². The van der Waals surface area contributed by atoms with Gasteiger partial charge in [-0.25, -0.2) is 9.97 Å². The zero-order chi connectivity index (χ0) is 19.2. The van der Waals surface area contributed by atoms with Gasteiger partial charge in [0.05, 0.1) is 12.4 Å². The van der Waals surface area contributed by atoms with Crippen molar-refractivity contribution in [2.45, 2.75) is 33.2 Å². The van der Waals surface area contributed by atoms with E-state index >= 15 is 0 Å². The SMILES string of the molecule is Cc1cccc(C(C)C)c1NC(=O)c1cnc(NCc2ccccc2)cn1. The first-order valence-electron chi connectivity index (χ1n) is 9.05. The predicted octanol–water partition coefficient (Wildman–Crippen LogP) is 4.77. The number of carbonyl (C=O) groups excluding carboxylic acids is 1. The molecule has 0 saturated heterocycles. The average molecular weight is 360 g/mol. The topological polar surface area (TPSA) is 66.9 Å². The van der Waals surface area contributed by atoms with Gasteiger partial charge in [-0.2, -0.15) is 0 Å². The highest BCUT2D eigenvalue weighted by Gasteiger charge is 2.14. The summed E-state index contributed by atoms with van der Waals surface area (Å²) in [5.41, 5.74) is 4.44. The highest BCUT2D eigenvalue weighted by molar-refractivity contribution is 6.03. The Morgan fingerprint density at radius 2 is 1.78 bits per heavy atom. The minimum Gasteiger partial charge on any atom is -0.365 e. The van der Waals surface area contributed by atoms with Crippen LogP contribution in [0.2, 0.25) is 0 Å². The zero-order valence-electron chi connectivity index (χ0n) is 15.9. The van der Waals surface area contributed by atoms with Gasteiger partial charge in [-0.05, 0) is 29.5 Å². The zero-order valence-corrected chi connectivity index (χ0v) is 15.9. The highest BCUT2D eigenvalue weighted by atomic mass is 16.1. The molecule has 0 saturated carbocycles. The molecule has 1 aromatic heterocycles. The molecule has 138 valence electrons. The van der Waals surface area contributed by atoms with E-state index in [1.807, 2.05) is 55.5 Å². The molecule has 0 spiro atoms. The molecular weight excluding hydrogens is 336 g/mol. The Bertz CT molecular complexity index is 905. The van der Waals surface area contributed by atoms with Crippen LogP contribution in [0.1, 0.15) is 46.9 Å². The molecule has 2 aromatic carbocycles. The number of aryl methyl sites for hydroxylation is 1. The van der Waals surface area contributed by atoms with Crippen molar-refractivity contribution in [2.24, 2.45) is 0 Å². The summed E-state index contributed by atoms with van der Waals surface area (Å²) in [6, 6.07) is 16.1. The van der Waals surface area contributed by atoms with Gasteiger partial charge in [-0.3, -0.25) is 4.79 Å². The van der Waals surface area contributed by atoms with Crippen LogP contribution in [0, 0.1) is 6.92 Å². The van der Waals surface area contributed by atoms with Crippen molar-refractivity contribution in [3.8, 4) is 0 Å². The smallest absolute Gasteiger partial charge is 0.275 e. The van der Waals surface area contributed by atoms with E-state index < -0.39 is 0 Å². The van der Waals surface area contributed by atoms with Crippen LogP contribution >= 0.6 is 0 Å². The summed E-state index contributed by atoms with van der Waals surface area (Å²) in [5, 5.41) is 6.20. The number of anilines is 2. The maximum atomic E-state index is 12.6. The van der Waals surface area contributed by atoms with Crippen LogP contribution in [-0.2, 0) is 6.54 Å². The number of hydrogen-bond donors (Lipinski definition) is 2. The Morgan fingerprint density at radius 1 is 1.00 bits per heavy atom. The largest absolute Gasteiger partial charge is 0.365 e. The van der Waals surface area contributed by atoms with Crippen LogP contribution in [0.25, 0.3) is 0 Å². The Morgan fingerprint density at radius 3 is 2.44 bits per heavy atom. The lowest BCUT2D eigenvalue weighted by atomic mass is 9.98. The number of para-hydroxylation sites is 1. The molecule has 0 radical (unpaired) electrons. The fraction of sp³-hybridized carbons (Fsp3) is 0.227. The van der Waals surface area contributed by atoms with Gasteiger partial charge in [0.15, 0.2) is 0 Å². The molecule has 2 N–H and O–H groups in total. The molecule has 0 atom stereocenters. The standard InChI is InChI=1S/C22H24N4O/c1-15(2)18-11-7-8-16(3)21(18)26-22(27)19-13-25-20(14-23-19)24-12-17-9-5-4-6-10-17/h4-11,13-15H,12H2,1-3H3,(H,24,25)(H,26,27). The van der Waals surface area contributed by atoms with Crippen molar-refractivity contribution in [3.63, 3.8) is 0 Å². The first-order chi connectivity index (χ1) is 13.0. The van der Waals surface area contributed by atoms with Gasteiger partial charge in [-0.15, -0.1) is 0 Å². The summed E-state index contributed by atoms with van der Waals surface area (Å²) in [5.74, 6) is 0.693. The molecule has 0 aliphatic heterocycles. The number of nitrogens with zero attached hydrogens (tertiary/aromatic N) is 2. The molecule has 3 aromatic rings. The number of nitrogens with one attached hydrogen (secondary N) is 2. The van der Waals surface area contributed by atoms with Crippen molar-refractivity contribution in [1.82, 2.24) is 9.97 Å². The Kier molecular flexibility index (Phi) is 5.81. The Balaban J connectivity index is 1.68. The Labute approximate surface area is 159 Å². The molecule has 0 fully saturated rings. The minimum atomic E-state index is -0.256. The van der Waals surface area contributed by atoms with Gasteiger partial charge < -0.3 is 10.6 Å². The molecule has 5 nitrogen and oxygen atoms in total. The maximum Gasteiger partial charge on any atom is 0.275 e. The Hall–Kier alpha value is -3.21. The molecule has 0 aliphatic carbocycles. The van der Waals surface area contributed by atoms with E-state index in [0.29, 0.717) is 24.0 Å². The van der Waals surface area contributed by atoms with E-state index in [1.165, 1.54) is 6.20 Å². The first kappa shape index (κ1) is 18.6. The van der Waals surface area contributed by atoms with Gasteiger partial charge >= 0.3 is 0 Å². The molecule has 0 aliphatic rings. The normalized spacial score (nSPS) is 10.7. The van der Waals surface area contributed by atoms with Gasteiger partial charge in [0.25, 0.3) is 5.91 Å². The molecule has 27 heavy (non-hydrogen) atoms. The summed E-state index contributed by atoms with van der Waals surface area (Å²) in [4.78, 5) is 21.2. The van der Waals surface area contributed by atoms with Crippen molar-refractivity contribution < 1.29 is 4.79 Å². The van der Waals surface area contributed by atoms with E-state index in [1.54, 1.807) is 6.20 Å². The van der Waals surface area contributed by atoms with E-state index in [2.05, 4.69) is 34.4 Å². The number of amides is 1. The summed E-state index contributed by atoms with van der Waals surface area (Å²) >= 11 is 0. The number of benzene rings is 2. The van der Waals surface area contributed by atoms with Crippen molar-refractivity contribution in [3.05, 3.63) is 83.3 Å². The summed E-state index contributed by atoms with van der Waals surface area (Å²) in [7, 11) is 0. The van der Waals surface area contributed by atoms with Crippen LogP contribution < -0.4 is 10.6 Å². The summed E-state index contributed by atoms with van der Waals surface area (Å²) < 4.78 is 0. The van der Waals surface area contributed by atoms with Crippen LogP contribution in [0.3, 0.4) is 0 Å². The lowest BCUT2D eigenvalue weighted by Gasteiger charge is -2.16. The second-order valence-electron chi connectivity index (χ2n) is 6.77. The van der Waals surface area contributed by atoms with Gasteiger partial charge in [0, 0.05) is 12.2 Å². The fourth-order valence-electron chi connectivity index (χ4n) is 2.84. The van der Waals surface area contributed by atoms with Crippen LogP contribution in [0.15, 0.2) is 60.9 Å². The number of rotatable bonds is 6. The van der Waals surface area contributed by atoms with Crippen LogP contribution in [0.4, 0.5) is 11.5 Å². The number of hydrogen-bond acceptors (Lipinski definition) is 4.